The van der Waals surface area contributed by atoms with Crippen LogP contribution in [-0.2, 0) is 0 Å². The number of unbranched alkanes of at least 4 members (excludes halogenated alkanes) is 3. The van der Waals surface area contributed by atoms with Gasteiger partial charge in [0.25, 0.3) is 0 Å². The summed E-state index contributed by atoms with van der Waals surface area (Å²) < 4.78 is 0. The molecular formula is C13H28OSi. The average molecular weight is 228 g/mol. The Bertz CT molecular complexity index is 177. The van der Waals surface area contributed by atoms with Gasteiger partial charge in [-0.2, -0.15) is 0 Å². The third kappa shape index (κ3) is 4.98. The van der Waals surface area contributed by atoms with E-state index in [-0.39, 0.29) is 0 Å². The first-order valence-corrected chi connectivity index (χ1v) is 8.53. The molecule has 2 heteroatoms. The molecule has 15 heavy (non-hydrogen) atoms. The lowest BCUT2D eigenvalue weighted by atomic mass is 10.2. The molecule has 0 saturated heterocycles. The summed E-state index contributed by atoms with van der Waals surface area (Å²) >= 11 is 0. The number of hydrogen-bond donors (Lipinski definition) is 1. The molecule has 0 atom stereocenters. The molecule has 0 spiro atoms. The van der Waals surface area contributed by atoms with E-state index in [0.717, 1.165) is 6.42 Å². The van der Waals surface area contributed by atoms with Crippen LogP contribution in [0, 0.1) is 0 Å². The molecule has 0 aliphatic heterocycles. The second kappa shape index (κ2) is 7.23. The van der Waals surface area contributed by atoms with Gasteiger partial charge in [-0.15, -0.1) is 0 Å². The molecule has 0 radical (unpaired) electrons. The van der Waals surface area contributed by atoms with Gasteiger partial charge in [0.2, 0.25) is 8.32 Å². The first-order valence-electron chi connectivity index (χ1n) is 6.35. The molecule has 0 aromatic rings. The average Bonchev–Trinajstić information content (AvgIpc) is 2.16. The predicted molar refractivity (Wildman–Crippen MR) is 71.5 cm³/mol. The fourth-order valence-electron chi connectivity index (χ4n) is 1.84. The molecular weight excluding hydrogens is 200 g/mol. The Kier molecular flexibility index (Phi) is 7.19. The summed E-state index contributed by atoms with van der Waals surface area (Å²) in [4.78, 5) is 10.6. The summed E-state index contributed by atoms with van der Waals surface area (Å²) in [6.07, 6.45) is 7.16. The first-order chi connectivity index (χ1) is 6.95. The van der Waals surface area contributed by atoms with E-state index in [4.69, 9.17) is 0 Å². The maximum Gasteiger partial charge on any atom is 0.217 e. The Hall–Kier alpha value is -0.0831. The van der Waals surface area contributed by atoms with Crippen LogP contribution in [0.2, 0.25) is 11.1 Å². The summed E-state index contributed by atoms with van der Waals surface area (Å²) in [5.41, 5.74) is 2.98. The van der Waals surface area contributed by atoms with E-state index >= 15 is 0 Å². The number of hydrogen-bond acceptors (Lipinski definition) is 1. The summed E-state index contributed by atoms with van der Waals surface area (Å²) in [6, 6.07) is 0. The van der Waals surface area contributed by atoms with Crippen molar-refractivity contribution in [2.24, 2.45) is 0 Å². The molecule has 0 aliphatic rings. The van der Waals surface area contributed by atoms with Crippen LogP contribution in [-0.4, -0.2) is 13.1 Å². The van der Waals surface area contributed by atoms with Gasteiger partial charge < -0.3 is 4.80 Å². The molecule has 1 nitrogen and oxygen atoms in total. The minimum Gasteiger partial charge on any atom is -0.427 e. The van der Waals surface area contributed by atoms with Crippen LogP contribution in [0.3, 0.4) is 0 Å². The van der Waals surface area contributed by atoms with E-state index in [1.54, 1.807) is 0 Å². The molecule has 0 bridgehead atoms. The van der Waals surface area contributed by atoms with Crippen molar-refractivity contribution in [2.45, 2.75) is 71.4 Å². The SMILES string of the molecule is CCCCC/C=C\[Si](O)(C(C)C)C(C)C. The molecule has 0 heterocycles. The van der Waals surface area contributed by atoms with Gasteiger partial charge in [-0.25, -0.2) is 0 Å². The lowest BCUT2D eigenvalue weighted by Crippen LogP contribution is -2.39. The van der Waals surface area contributed by atoms with Gasteiger partial charge in [0, 0.05) is 0 Å². The van der Waals surface area contributed by atoms with E-state index in [1.807, 2.05) is 0 Å². The van der Waals surface area contributed by atoms with Crippen molar-refractivity contribution in [3.05, 3.63) is 11.8 Å². The van der Waals surface area contributed by atoms with Crippen molar-refractivity contribution >= 4 is 8.32 Å². The van der Waals surface area contributed by atoms with Gasteiger partial charge in [0.05, 0.1) is 0 Å². The van der Waals surface area contributed by atoms with Gasteiger partial charge in [0.1, 0.15) is 0 Å². The first kappa shape index (κ1) is 14.9. The van der Waals surface area contributed by atoms with Gasteiger partial charge in [0.15, 0.2) is 0 Å². The van der Waals surface area contributed by atoms with Crippen molar-refractivity contribution < 1.29 is 4.80 Å². The molecule has 0 aromatic heterocycles. The Morgan fingerprint density at radius 2 is 1.60 bits per heavy atom. The molecule has 1 N–H and O–H groups in total. The highest BCUT2D eigenvalue weighted by Crippen LogP contribution is 2.30. The molecule has 0 unspecified atom stereocenters. The summed E-state index contributed by atoms with van der Waals surface area (Å²) in [5, 5.41) is 0. The van der Waals surface area contributed by atoms with E-state index in [2.05, 4.69) is 46.4 Å². The highest BCUT2D eigenvalue weighted by Gasteiger charge is 2.35. The molecule has 0 fully saturated rings. The van der Waals surface area contributed by atoms with Crippen molar-refractivity contribution in [3.8, 4) is 0 Å². The second-order valence-corrected chi connectivity index (χ2v) is 9.51. The Morgan fingerprint density at radius 1 is 1.07 bits per heavy atom. The minimum atomic E-state index is -2.14. The second-order valence-electron chi connectivity index (χ2n) is 5.09. The van der Waals surface area contributed by atoms with Crippen LogP contribution >= 0.6 is 0 Å². The van der Waals surface area contributed by atoms with E-state index in [1.165, 1.54) is 19.3 Å². The lowest BCUT2D eigenvalue weighted by molar-refractivity contribution is 0.511. The van der Waals surface area contributed by atoms with Crippen molar-refractivity contribution in [2.75, 3.05) is 0 Å². The van der Waals surface area contributed by atoms with Crippen molar-refractivity contribution in [1.29, 1.82) is 0 Å². The maximum atomic E-state index is 10.6. The zero-order valence-corrected chi connectivity index (χ0v) is 12.1. The van der Waals surface area contributed by atoms with Gasteiger partial charge >= 0.3 is 0 Å². The quantitative estimate of drug-likeness (QED) is 0.505. The molecule has 90 valence electrons. The van der Waals surface area contributed by atoms with Gasteiger partial charge in [-0.1, -0.05) is 59.2 Å². The summed E-state index contributed by atoms with van der Waals surface area (Å²) in [6.45, 7) is 10.8. The van der Waals surface area contributed by atoms with Crippen LogP contribution in [0.4, 0.5) is 0 Å². The molecule has 0 amide bonds. The smallest absolute Gasteiger partial charge is 0.217 e. The Balaban J connectivity index is 4.17. The molecule has 0 saturated carbocycles. The topological polar surface area (TPSA) is 20.2 Å². The Morgan fingerprint density at radius 3 is 2.00 bits per heavy atom. The normalized spacial score (nSPS) is 13.3. The monoisotopic (exact) mass is 228 g/mol. The number of allylic oxidation sites excluding steroid dienone is 1. The largest absolute Gasteiger partial charge is 0.427 e. The summed E-state index contributed by atoms with van der Waals surface area (Å²) in [7, 11) is -2.14. The standard InChI is InChI=1S/C13H28OSi/c1-6-7-8-9-10-11-15(14,12(2)3)13(4)5/h10-14H,6-9H2,1-5H3/b11-10-. The van der Waals surface area contributed by atoms with Crippen molar-refractivity contribution in [1.82, 2.24) is 0 Å². The van der Waals surface area contributed by atoms with E-state index in [0.29, 0.717) is 11.1 Å². The van der Waals surface area contributed by atoms with E-state index in [9.17, 15) is 4.80 Å². The maximum absolute atomic E-state index is 10.6. The fourth-order valence-corrected chi connectivity index (χ4v) is 4.48. The Labute approximate surface area is 96.7 Å². The zero-order valence-electron chi connectivity index (χ0n) is 11.1. The minimum absolute atomic E-state index is 0.417. The summed E-state index contributed by atoms with van der Waals surface area (Å²) in [5.74, 6) is 0. The highest BCUT2D eigenvalue weighted by atomic mass is 28.4. The number of rotatable bonds is 7. The van der Waals surface area contributed by atoms with Crippen LogP contribution in [0.25, 0.3) is 0 Å². The zero-order chi connectivity index (χ0) is 11.9. The third-order valence-electron chi connectivity index (χ3n) is 3.21. The molecule has 0 aromatic carbocycles. The van der Waals surface area contributed by atoms with Gasteiger partial charge in [-0.3, -0.25) is 0 Å². The predicted octanol–water partition coefficient (Wildman–Crippen LogP) is 4.42. The highest BCUT2D eigenvalue weighted by molar-refractivity contribution is 6.79. The van der Waals surface area contributed by atoms with Gasteiger partial charge in [-0.05, 0) is 23.9 Å². The van der Waals surface area contributed by atoms with Crippen LogP contribution in [0.1, 0.15) is 60.3 Å². The van der Waals surface area contributed by atoms with Crippen LogP contribution < -0.4 is 0 Å². The molecule has 0 rings (SSSR count). The van der Waals surface area contributed by atoms with Crippen LogP contribution in [0.5, 0.6) is 0 Å². The van der Waals surface area contributed by atoms with Crippen molar-refractivity contribution in [3.63, 3.8) is 0 Å². The third-order valence-corrected chi connectivity index (χ3v) is 7.68. The van der Waals surface area contributed by atoms with Crippen LogP contribution in [0.15, 0.2) is 11.8 Å². The lowest BCUT2D eigenvalue weighted by Gasteiger charge is -2.29. The molecule has 0 aliphatic carbocycles. The fraction of sp³-hybridized carbons (Fsp3) is 0.846. The van der Waals surface area contributed by atoms with E-state index < -0.39 is 8.32 Å².